The Kier molecular flexibility index (Phi) is 7.36. The minimum absolute atomic E-state index is 0.0716. The van der Waals surface area contributed by atoms with Crippen molar-refractivity contribution in [1.29, 1.82) is 0 Å². The summed E-state index contributed by atoms with van der Waals surface area (Å²) in [7, 11) is -3.71. The van der Waals surface area contributed by atoms with Crippen LogP contribution in [0.2, 0.25) is 0 Å². The molecule has 0 saturated carbocycles. The van der Waals surface area contributed by atoms with Crippen molar-refractivity contribution >= 4 is 28.0 Å². The molecule has 3 heterocycles. The van der Waals surface area contributed by atoms with Gasteiger partial charge in [-0.25, -0.2) is 18.5 Å². The van der Waals surface area contributed by atoms with Gasteiger partial charge in [-0.3, -0.25) is 4.79 Å². The maximum absolute atomic E-state index is 13.0. The van der Waals surface area contributed by atoms with Gasteiger partial charge in [-0.1, -0.05) is 24.3 Å². The number of nitrogens with zero attached hydrogens (tertiary/aromatic N) is 5. The molecule has 0 bridgehead atoms. The summed E-state index contributed by atoms with van der Waals surface area (Å²) in [6, 6.07) is 15.9. The number of ether oxygens (including phenoxy) is 1. The molecule has 2 saturated heterocycles. The van der Waals surface area contributed by atoms with Gasteiger partial charge in [0.2, 0.25) is 10.0 Å². The van der Waals surface area contributed by atoms with Gasteiger partial charge in [-0.15, -0.1) is 0 Å². The van der Waals surface area contributed by atoms with E-state index in [0.717, 1.165) is 48.7 Å². The number of sulfonamides is 1. The number of hydrogen-bond donors (Lipinski definition) is 1. The molecule has 0 spiro atoms. The van der Waals surface area contributed by atoms with Crippen molar-refractivity contribution in [2.45, 2.75) is 24.7 Å². The van der Waals surface area contributed by atoms with Crippen LogP contribution in [0.1, 0.15) is 34.5 Å². The first-order valence-corrected chi connectivity index (χ1v) is 13.8. The van der Waals surface area contributed by atoms with Gasteiger partial charge in [0.1, 0.15) is 5.82 Å². The molecule has 0 atom stereocenters. The summed E-state index contributed by atoms with van der Waals surface area (Å²) in [5, 5.41) is 8.97. The lowest BCUT2D eigenvalue weighted by molar-refractivity contribution is 0.0730. The fraction of sp³-hybridized carbons (Fsp3) is 0.346. The molecule has 0 radical (unpaired) electrons. The number of aromatic nitrogens is 2. The summed E-state index contributed by atoms with van der Waals surface area (Å²) in [4.78, 5) is 15.2. The van der Waals surface area contributed by atoms with Crippen LogP contribution in [0.15, 0.2) is 64.6 Å². The summed E-state index contributed by atoms with van der Waals surface area (Å²) in [5.41, 5.74) is 5.33. The normalized spacial score (nSPS) is 16.9. The van der Waals surface area contributed by atoms with Gasteiger partial charge >= 0.3 is 0 Å². The quantitative estimate of drug-likeness (QED) is 0.377. The second-order valence-electron chi connectivity index (χ2n) is 9.01. The van der Waals surface area contributed by atoms with E-state index in [9.17, 15) is 13.2 Å². The summed E-state index contributed by atoms with van der Waals surface area (Å²) in [6.07, 6.45) is 3.83. The van der Waals surface area contributed by atoms with Crippen LogP contribution in [0.4, 0.5) is 5.82 Å². The van der Waals surface area contributed by atoms with Gasteiger partial charge in [0.15, 0.2) is 0 Å². The lowest BCUT2D eigenvalue weighted by Gasteiger charge is -2.26. The smallest absolute Gasteiger partial charge is 0.271 e. The Morgan fingerprint density at radius 2 is 1.76 bits per heavy atom. The number of morpholine rings is 1. The predicted octanol–water partition coefficient (Wildman–Crippen LogP) is 2.57. The van der Waals surface area contributed by atoms with Crippen LogP contribution in [0.3, 0.4) is 0 Å². The molecule has 2 aliphatic heterocycles. The van der Waals surface area contributed by atoms with E-state index in [4.69, 9.17) is 9.84 Å². The number of para-hydroxylation sites is 1. The van der Waals surface area contributed by atoms with Crippen molar-refractivity contribution in [1.82, 2.24) is 19.5 Å². The third-order valence-electron chi connectivity index (χ3n) is 6.55. The monoisotopic (exact) mass is 522 g/mol. The third kappa shape index (κ3) is 5.29. The van der Waals surface area contributed by atoms with E-state index < -0.39 is 15.9 Å². The Morgan fingerprint density at radius 3 is 2.49 bits per heavy atom. The molecule has 2 aromatic carbocycles. The minimum Gasteiger partial charge on any atom is -0.379 e. The van der Waals surface area contributed by atoms with Crippen molar-refractivity contribution in [2.75, 3.05) is 44.3 Å². The van der Waals surface area contributed by atoms with E-state index in [-0.39, 0.29) is 10.5 Å². The highest BCUT2D eigenvalue weighted by atomic mass is 32.2. The maximum Gasteiger partial charge on any atom is 0.271 e. The molecule has 194 valence electrons. The van der Waals surface area contributed by atoms with Crippen LogP contribution in [-0.2, 0) is 14.8 Å². The number of carbonyl (C=O) groups is 1. The highest BCUT2D eigenvalue weighted by Crippen LogP contribution is 2.29. The molecule has 0 unspecified atom stereocenters. The topological polar surface area (TPSA) is 109 Å². The molecule has 1 N–H and O–H groups in total. The minimum atomic E-state index is -3.71. The van der Waals surface area contributed by atoms with Crippen molar-refractivity contribution in [3.63, 3.8) is 0 Å². The van der Waals surface area contributed by atoms with E-state index in [1.54, 1.807) is 18.3 Å². The van der Waals surface area contributed by atoms with Crippen LogP contribution < -0.4 is 10.3 Å². The van der Waals surface area contributed by atoms with E-state index in [0.29, 0.717) is 26.3 Å². The molecule has 5 rings (SSSR count). The molecule has 10 nitrogen and oxygen atoms in total. The number of hydrazone groups is 1. The first-order chi connectivity index (χ1) is 17.9. The average Bonchev–Trinajstić information content (AvgIpc) is 3.58. The zero-order valence-electron chi connectivity index (χ0n) is 20.7. The van der Waals surface area contributed by atoms with Gasteiger partial charge in [0.25, 0.3) is 5.91 Å². The second-order valence-corrected chi connectivity index (χ2v) is 10.9. The Balaban J connectivity index is 1.37. The van der Waals surface area contributed by atoms with Gasteiger partial charge in [0, 0.05) is 31.7 Å². The van der Waals surface area contributed by atoms with Crippen LogP contribution >= 0.6 is 0 Å². The number of carbonyl (C=O) groups excluding carboxylic acids is 1. The van der Waals surface area contributed by atoms with E-state index in [1.807, 2.05) is 41.9 Å². The number of amides is 1. The molecule has 37 heavy (non-hydrogen) atoms. The largest absolute Gasteiger partial charge is 0.379 e. The fourth-order valence-electron chi connectivity index (χ4n) is 4.61. The van der Waals surface area contributed by atoms with Crippen molar-refractivity contribution in [3.05, 3.63) is 71.4 Å². The van der Waals surface area contributed by atoms with Crippen LogP contribution in [-0.4, -0.2) is 74.0 Å². The lowest BCUT2D eigenvalue weighted by Crippen LogP contribution is -2.40. The molecule has 1 amide bonds. The summed E-state index contributed by atoms with van der Waals surface area (Å²) >= 11 is 0. The Morgan fingerprint density at radius 1 is 1.03 bits per heavy atom. The predicted molar refractivity (Wildman–Crippen MR) is 141 cm³/mol. The van der Waals surface area contributed by atoms with E-state index in [2.05, 4.69) is 15.4 Å². The Bertz CT molecular complexity index is 1390. The first-order valence-electron chi connectivity index (χ1n) is 12.4. The number of anilines is 1. The third-order valence-corrected chi connectivity index (χ3v) is 8.45. The average molecular weight is 523 g/mol. The fourth-order valence-corrected chi connectivity index (χ4v) is 6.07. The summed E-state index contributed by atoms with van der Waals surface area (Å²) < 4.78 is 34.5. The number of rotatable bonds is 7. The number of hydrogen-bond acceptors (Lipinski definition) is 7. The molecule has 2 aliphatic rings. The Hall–Kier alpha value is -3.54. The van der Waals surface area contributed by atoms with Crippen LogP contribution in [0.5, 0.6) is 0 Å². The van der Waals surface area contributed by atoms with Gasteiger partial charge in [-0.05, 0) is 50.1 Å². The maximum atomic E-state index is 13.0. The Labute approximate surface area is 216 Å². The molecular weight excluding hydrogens is 492 g/mol. The van der Waals surface area contributed by atoms with E-state index in [1.165, 1.54) is 16.4 Å². The highest BCUT2D eigenvalue weighted by molar-refractivity contribution is 7.89. The lowest BCUT2D eigenvalue weighted by atomic mass is 10.2. The van der Waals surface area contributed by atoms with Crippen LogP contribution in [0.25, 0.3) is 5.69 Å². The summed E-state index contributed by atoms with van der Waals surface area (Å²) in [5.74, 6) is 0.448. The first kappa shape index (κ1) is 25.1. The number of aryl methyl sites for hydroxylation is 1. The number of nitrogens with one attached hydrogen (secondary N) is 1. The molecule has 2 fully saturated rings. The van der Waals surface area contributed by atoms with Gasteiger partial charge < -0.3 is 9.64 Å². The summed E-state index contributed by atoms with van der Waals surface area (Å²) in [6.45, 7) is 5.06. The molecule has 3 aromatic rings. The molecular formula is C26H30N6O4S. The molecule has 0 aliphatic carbocycles. The van der Waals surface area contributed by atoms with Gasteiger partial charge in [0.05, 0.1) is 41.3 Å². The van der Waals surface area contributed by atoms with Crippen molar-refractivity contribution in [3.8, 4) is 5.69 Å². The SMILES string of the molecule is Cc1nn(-c2ccccc2)c(N2CCCC2)c1C=NNC(=O)c1cccc(S(=O)(=O)N2CCOCC2)c1. The standard InChI is InChI=1S/C26H30N6O4S/c1-20-24(26(30-12-5-6-13-30)32(29-20)22-9-3-2-4-10-22)19-27-28-25(33)21-8-7-11-23(18-21)37(34,35)31-14-16-36-17-15-31/h2-4,7-11,18-19H,5-6,12-17H2,1H3,(H,28,33). The molecule has 11 heteroatoms. The number of benzene rings is 2. The van der Waals surface area contributed by atoms with Crippen LogP contribution in [0, 0.1) is 6.92 Å². The van der Waals surface area contributed by atoms with Crippen molar-refractivity contribution < 1.29 is 17.9 Å². The highest BCUT2D eigenvalue weighted by Gasteiger charge is 2.27. The van der Waals surface area contributed by atoms with Gasteiger partial charge in [-0.2, -0.15) is 14.5 Å². The second kappa shape index (κ2) is 10.8. The zero-order chi connectivity index (χ0) is 25.8. The molecule has 1 aromatic heterocycles. The van der Waals surface area contributed by atoms with Crippen molar-refractivity contribution in [2.24, 2.45) is 5.10 Å². The van der Waals surface area contributed by atoms with E-state index >= 15 is 0 Å². The zero-order valence-corrected chi connectivity index (χ0v) is 21.5.